The summed E-state index contributed by atoms with van der Waals surface area (Å²) in [5, 5.41) is 24.9. The smallest absolute Gasteiger partial charge is 0.337 e. The Kier molecular flexibility index (Phi) is 12.5. The van der Waals surface area contributed by atoms with Crippen molar-refractivity contribution in [2.75, 3.05) is 23.8 Å². The largest absolute Gasteiger partial charge is 0.484 e. The van der Waals surface area contributed by atoms with Gasteiger partial charge in [-0.2, -0.15) is 0 Å². The summed E-state index contributed by atoms with van der Waals surface area (Å²) < 4.78 is 11.2. The van der Waals surface area contributed by atoms with Crippen molar-refractivity contribution in [3.8, 4) is 11.5 Å². The molecule has 0 bridgehead atoms. The quantitative estimate of drug-likeness (QED) is 0.0948. The molecule has 0 saturated heterocycles. The fourth-order valence-corrected chi connectivity index (χ4v) is 5.14. The maximum Gasteiger partial charge on any atom is 0.337 e. The second kappa shape index (κ2) is 17.0. The second-order valence-corrected chi connectivity index (χ2v) is 12.0. The number of ether oxygens (including phenoxy) is 2. The van der Waals surface area contributed by atoms with Gasteiger partial charge in [-0.05, 0) is 102 Å². The molecule has 2 amide bonds. The first-order valence-corrected chi connectivity index (χ1v) is 16.2. The van der Waals surface area contributed by atoms with Gasteiger partial charge < -0.3 is 30.3 Å². The van der Waals surface area contributed by atoms with E-state index in [0.29, 0.717) is 34.5 Å². The van der Waals surface area contributed by atoms with Crippen molar-refractivity contribution in [1.82, 2.24) is 0 Å². The summed E-state index contributed by atoms with van der Waals surface area (Å²) in [6, 6.07) is 24.1. The number of aromatic carboxylic acids is 2. The number of carboxylic acids is 2. The van der Waals surface area contributed by atoms with Gasteiger partial charge in [0.2, 0.25) is 0 Å². The Hall–Kier alpha value is -5.64. The van der Waals surface area contributed by atoms with Crippen LogP contribution in [0.3, 0.4) is 0 Å². The third kappa shape index (κ3) is 10.2. The number of hydrogen-bond acceptors (Lipinski definition) is 6. The minimum absolute atomic E-state index is 0.106. The third-order valence-electron chi connectivity index (χ3n) is 8.45. The average molecular weight is 667 g/mol. The standard InChI is InChI=1S/C39H42N2O8/c1-5-24(3)28-9-13-30(14-10-28)48-22-36(42)40-34-17-7-26(20-32(34)38(44)45)19-27-8-18-35(33(21-27)39(46)47)41-37(43)23-49-31-15-11-29(12-16-31)25(4)6-2/h7-18,20-21,24-25H,5-6,19,22-23H2,1-4H3,(H,40,42)(H,41,43)(H,44,45)(H,46,47)/t24-,25-/m1/s1. The zero-order valence-corrected chi connectivity index (χ0v) is 28.1. The molecule has 10 nitrogen and oxygen atoms in total. The van der Waals surface area contributed by atoms with Crippen LogP contribution >= 0.6 is 0 Å². The maximum atomic E-state index is 12.6. The number of rotatable bonds is 16. The van der Waals surface area contributed by atoms with Gasteiger partial charge in [0.25, 0.3) is 11.8 Å². The normalized spacial score (nSPS) is 12.0. The molecule has 49 heavy (non-hydrogen) atoms. The molecule has 0 aliphatic carbocycles. The van der Waals surface area contributed by atoms with Gasteiger partial charge in [0.15, 0.2) is 13.2 Å². The van der Waals surface area contributed by atoms with Crippen LogP contribution < -0.4 is 20.1 Å². The van der Waals surface area contributed by atoms with Gasteiger partial charge in [0.05, 0.1) is 22.5 Å². The Balaban J connectivity index is 1.37. The van der Waals surface area contributed by atoms with Gasteiger partial charge in [0.1, 0.15) is 11.5 Å². The monoisotopic (exact) mass is 666 g/mol. The molecule has 256 valence electrons. The number of carboxylic acid groups (broad SMARTS) is 2. The summed E-state index contributed by atoms with van der Waals surface area (Å²) in [7, 11) is 0. The summed E-state index contributed by atoms with van der Waals surface area (Å²) in [6.07, 6.45) is 2.22. The van der Waals surface area contributed by atoms with Gasteiger partial charge in [-0.3, -0.25) is 9.59 Å². The number of amides is 2. The van der Waals surface area contributed by atoms with E-state index in [9.17, 15) is 29.4 Å². The van der Waals surface area contributed by atoms with E-state index in [1.807, 2.05) is 24.3 Å². The molecule has 4 aromatic rings. The van der Waals surface area contributed by atoms with E-state index >= 15 is 0 Å². The SMILES string of the molecule is CC[C@@H](C)c1ccc(OCC(=O)Nc2ccc(Cc3ccc(NC(=O)COc4ccc([C@H](C)CC)cc4)c(C(=O)O)c3)cc2C(=O)O)cc1. The van der Waals surface area contributed by atoms with Crippen LogP contribution in [-0.4, -0.2) is 47.2 Å². The summed E-state index contributed by atoms with van der Waals surface area (Å²) in [4.78, 5) is 49.4. The molecule has 2 atom stereocenters. The van der Waals surface area contributed by atoms with Crippen molar-refractivity contribution in [3.63, 3.8) is 0 Å². The zero-order valence-electron chi connectivity index (χ0n) is 28.1. The predicted octanol–water partition coefficient (Wildman–Crippen LogP) is 7.74. The molecule has 0 fully saturated rings. The highest BCUT2D eigenvalue weighted by molar-refractivity contribution is 6.02. The van der Waals surface area contributed by atoms with Crippen molar-refractivity contribution in [2.45, 2.75) is 58.8 Å². The molecule has 0 aromatic heterocycles. The highest BCUT2D eigenvalue weighted by Gasteiger charge is 2.17. The Morgan fingerprint density at radius 2 is 0.959 bits per heavy atom. The lowest BCUT2D eigenvalue weighted by atomic mass is 9.99. The summed E-state index contributed by atoms with van der Waals surface area (Å²) in [6.45, 7) is 7.88. The molecular formula is C39H42N2O8. The van der Waals surface area contributed by atoms with Crippen molar-refractivity contribution in [1.29, 1.82) is 0 Å². The van der Waals surface area contributed by atoms with Gasteiger partial charge >= 0.3 is 11.9 Å². The second-order valence-electron chi connectivity index (χ2n) is 12.0. The summed E-state index contributed by atoms with van der Waals surface area (Å²) >= 11 is 0. The van der Waals surface area contributed by atoms with Crippen molar-refractivity contribution >= 4 is 35.1 Å². The van der Waals surface area contributed by atoms with E-state index in [0.717, 1.165) is 12.8 Å². The van der Waals surface area contributed by atoms with Crippen LogP contribution in [0.5, 0.6) is 11.5 Å². The molecule has 0 aliphatic heterocycles. The first kappa shape index (κ1) is 36.2. The van der Waals surface area contributed by atoms with Crippen LogP contribution in [0, 0.1) is 0 Å². The van der Waals surface area contributed by atoms with Crippen LogP contribution in [0.1, 0.15) is 95.3 Å². The van der Waals surface area contributed by atoms with Crippen LogP contribution in [0.25, 0.3) is 0 Å². The number of nitrogens with one attached hydrogen (secondary N) is 2. The summed E-state index contributed by atoms with van der Waals surface area (Å²) in [5.41, 5.74) is 3.47. The van der Waals surface area contributed by atoms with E-state index in [1.54, 1.807) is 36.4 Å². The van der Waals surface area contributed by atoms with Crippen molar-refractivity contribution < 1.29 is 38.9 Å². The average Bonchev–Trinajstić information content (AvgIpc) is 3.10. The maximum absolute atomic E-state index is 12.6. The Morgan fingerprint density at radius 1 is 0.592 bits per heavy atom. The van der Waals surface area contributed by atoms with Crippen LogP contribution in [0.4, 0.5) is 11.4 Å². The molecule has 4 N–H and O–H groups in total. The Labute approximate surface area is 286 Å². The number of anilines is 2. The van der Waals surface area contributed by atoms with Gasteiger partial charge in [-0.15, -0.1) is 0 Å². The lowest BCUT2D eigenvalue weighted by molar-refractivity contribution is -0.118. The predicted molar refractivity (Wildman–Crippen MR) is 188 cm³/mol. The van der Waals surface area contributed by atoms with Crippen molar-refractivity contribution in [2.24, 2.45) is 0 Å². The van der Waals surface area contributed by atoms with Gasteiger partial charge in [-0.25, -0.2) is 9.59 Å². The van der Waals surface area contributed by atoms with E-state index in [-0.39, 0.29) is 42.1 Å². The highest BCUT2D eigenvalue weighted by atomic mass is 16.5. The summed E-state index contributed by atoms with van der Waals surface area (Å²) in [5.74, 6) is -1.64. The molecule has 4 aromatic carbocycles. The molecular weight excluding hydrogens is 624 g/mol. The first-order valence-electron chi connectivity index (χ1n) is 16.2. The number of benzene rings is 4. The zero-order chi connectivity index (χ0) is 35.5. The highest BCUT2D eigenvalue weighted by Crippen LogP contribution is 2.25. The van der Waals surface area contributed by atoms with Crippen LogP contribution in [0.2, 0.25) is 0 Å². The number of hydrogen-bond donors (Lipinski definition) is 4. The van der Waals surface area contributed by atoms with E-state index in [4.69, 9.17) is 9.47 Å². The third-order valence-corrected chi connectivity index (χ3v) is 8.45. The first-order chi connectivity index (χ1) is 23.5. The molecule has 0 heterocycles. The fraction of sp³-hybridized carbons (Fsp3) is 0.282. The molecule has 0 radical (unpaired) electrons. The molecule has 0 aliphatic rings. The molecule has 10 heteroatoms. The lowest BCUT2D eigenvalue weighted by Crippen LogP contribution is -2.22. The van der Waals surface area contributed by atoms with E-state index in [2.05, 4.69) is 38.3 Å². The van der Waals surface area contributed by atoms with Crippen LogP contribution in [0.15, 0.2) is 84.9 Å². The van der Waals surface area contributed by atoms with E-state index in [1.165, 1.54) is 35.4 Å². The van der Waals surface area contributed by atoms with Crippen molar-refractivity contribution in [3.05, 3.63) is 118 Å². The lowest BCUT2D eigenvalue weighted by Gasteiger charge is -2.14. The van der Waals surface area contributed by atoms with E-state index < -0.39 is 23.8 Å². The fourth-order valence-electron chi connectivity index (χ4n) is 5.14. The Morgan fingerprint density at radius 3 is 1.29 bits per heavy atom. The van der Waals surface area contributed by atoms with Crippen LogP contribution in [-0.2, 0) is 16.0 Å². The topological polar surface area (TPSA) is 151 Å². The number of carbonyl (C=O) groups excluding carboxylic acids is 2. The van der Waals surface area contributed by atoms with Gasteiger partial charge in [-0.1, -0.05) is 64.1 Å². The minimum Gasteiger partial charge on any atom is -0.484 e. The Bertz CT molecular complexity index is 1650. The number of carbonyl (C=O) groups is 4. The molecule has 0 saturated carbocycles. The minimum atomic E-state index is -1.24. The van der Waals surface area contributed by atoms with Gasteiger partial charge in [0, 0.05) is 0 Å². The molecule has 0 spiro atoms. The molecule has 4 rings (SSSR count). The molecule has 0 unspecified atom stereocenters.